The lowest BCUT2D eigenvalue weighted by Gasteiger charge is -2.40. The number of nitrogens with one attached hydrogen (secondary N) is 1. The van der Waals surface area contributed by atoms with Gasteiger partial charge in [0.15, 0.2) is 0 Å². The van der Waals surface area contributed by atoms with Gasteiger partial charge in [-0.15, -0.1) is 0 Å². The number of benzene rings is 2. The van der Waals surface area contributed by atoms with Crippen molar-refractivity contribution in [2.75, 3.05) is 27.9 Å². The zero-order valence-corrected chi connectivity index (χ0v) is 16.2. The number of amides is 1. The van der Waals surface area contributed by atoms with Crippen molar-refractivity contribution >= 4 is 5.91 Å². The number of methoxy groups -OCH3 is 3. The topological polar surface area (TPSA) is 56.8 Å². The minimum Gasteiger partial charge on any atom is -0.496 e. The van der Waals surface area contributed by atoms with Gasteiger partial charge in [0.25, 0.3) is 0 Å². The van der Waals surface area contributed by atoms with Gasteiger partial charge < -0.3 is 19.5 Å². The van der Waals surface area contributed by atoms with Gasteiger partial charge in [-0.3, -0.25) is 4.79 Å². The van der Waals surface area contributed by atoms with E-state index in [9.17, 15) is 4.79 Å². The Morgan fingerprint density at radius 2 is 1.63 bits per heavy atom. The van der Waals surface area contributed by atoms with Crippen molar-refractivity contribution in [3.8, 4) is 17.2 Å². The summed E-state index contributed by atoms with van der Waals surface area (Å²) < 4.78 is 16.3. The molecule has 1 fully saturated rings. The molecule has 0 heterocycles. The molecule has 5 nitrogen and oxygen atoms in total. The maximum atomic E-state index is 13.0. The molecular weight excluding hydrogens is 342 g/mol. The fraction of sp³-hybridized carbons (Fsp3) is 0.409. The number of ether oxygens (including phenoxy) is 3. The Hall–Kier alpha value is -2.69. The van der Waals surface area contributed by atoms with Gasteiger partial charge in [-0.2, -0.15) is 0 Å². The molecule has 144 valence electrons. The molecule has 1 aliphatic rings. The van der Waals surface area contributed by atoms with Crippen molar-refractivity contribution < 1.29 is 19.0 Å². The second-order valence-electron chi connectivity index (χ2n) is 6.82. The van der Waals surface area contributed by atoms with Gasteiger partial charge in [-0.25, -0.2) is 0 Å². The summed E-state index contributed by atoms with van der Waals surface area (Å²) in [5.74, 6) is 2.17. The zero-order valence-electron chi connectivity index (χ0n) is 16.2. The first-order valence-electron chi connectivity index (χ1n) is 9.27. The molecule has 0 bridgehead atoms. The van der Waals surface area contributed by atoms with E-state index in [-0.39, 0.29) is 11.3 Å². The summed E-state index contributed by atoms with van der Waals surface area (Å²) in [5, 5.41) is 3.12. The Morgan fingerprint density at radius 1 is 1.00 bits per heavy atom. The van der Waals surface area contributed by atoms with Gasteiger partial charge in [0.05, 0.1) is 26.7 Å². The van der Waals surface area contributed by atoms with E-state index in [0.29, 0.717) is 30.2 Å². The first kappa shape index (κ1) is 19.1. The Morgan fingerprint density at radius 3 is 2.11 bits per heavy atom. The molecule has 0 aromatic heterocycles. The molecule has 1 N–H and O–H groups in total. The quantitative estimate of drug-likeness (QED) is 0.774. The molecule has 27 heavy (non-hydrogen) atoms. The maximum absolute atomic E-state index is 13.0. The lowest BCUT2D eigenvalue weighted by Crippen LogP contribution is -2.49. The average molecular weight is 369 g/mol. The van der Waals surface area contributed by atoms with Crippen LogP contribution in [0, 0.1) is 0 Å². The van der Waals surface area contributed by atoms with Gasteiger partial charge in [0, 0.05) is 24.2 Å². The fourth-order valence-corrected chi connectivity index (χ4v) is 3.73. The molecular formula is C22H27NO4. The first-order valence-corrected chi connectivity index (χ1v) is 9.27. The summed E-state index contributed by atoms with van der Waals surface area (Å²) >= 11 is 0. The smallest absolute Gasteiger partial charge is 0.230 e. The van der Waals surface area contributed by atoms with Crippen molar-refractivity contribution in [2.24, 2.45) is 0 Å². The minimum atomic E-state index is -0.380. The van der Waals surface area contributed by atoms with E-state index in [1.54, 1.807) is 21.3 Å². The van der Waals surface area contributed by atoms with Crippen LogP contribution in [0.1, 0.15) is 30.4 Å². The maximum Gasteiger partial charge on any atom is 0.230 e. The van der Waals surface area contributed by atoms with Gasteiger partial charge in [0.1, 0.15) is 17.2 Å². The third kappa shape index (κ3) is 3.72. The number of carbonyl (C=O) groups is 1. The standard InChI is InChI=1S/C22H27NO4/c1-25-17-14-19(26-2)18(20(15-17)27-3)10-13-23-21(24)22(11-7-12-22)16-8-5-4-6-9-16/h4-6,8-9,14-15H,7,10-13H2,1-3H3,(H,23,24). The molecule has 1 amide bonds. The molecule has 5 heteroatoms. The SMILES string of the molecule is COc1cc(OC)c(CCNC(=O)C2(c3ccccc3)CCC2)c(OC)c1. The van der Waals surface area contributed by atoms with E-state index < -0.39 is 0 Å². The molecule has 1 saturated carbocycles. The van der Waals surface area contributed by atoms with E-state index in [2.05, 4.69) is 5.32 Å². The highest BCUT2D eigenvalue weighted by Crippen LogP contribution is 2.44. The highest BCUT2D eigenvalue weighted by atomic mass is 16.5. The lowest BCUT2D eigenvalue weighted by atomic mass is 9.64. The van der Waals surface area contributed by atoms with E-state index in [1.807, 2.05) is 42.5 Å². The molecule has 3 rings (SSSR count). The van der Waals surface area contributed by atoms with Gasteiger partial charge in [-0.1, -0.05) is 36.8 Å². The molecule has 0 spiro atoms. The monoisotopic (exact) mass is 369 g/mol. The Labute approximate surface area is 160 Å². The van der Waals surface area contributed by atoms with Crippen molar-refractivity contribution in [3.05, 3.63) is 53.6 Å². The fourth-order valence-electron chi connectivity index (χ4n) is 3.73. The van der Waals surface area contributed by atoms with E-state index in [0.717, 1.165) is 30.4 Å². The molecule has 0 aliphatic heterocycles. The summed E-state index contributed by atoms with van der Waals surface area (Å²) in [6.07, 6.45) is 3.51. The van der Waals surface area contributed by atoms with Crippen LogP contribution in [0.5, 0.6) is 17.2 Å². The highest BCUT2D eigenvalue weighted by Gasteiger charge is 2.45. The summed E-state index contributed by atoms with van der Waals surface area (Å²) in [7, 11) is 4.85. The van der Waals surface area contributed by atoms with E-state index in [4.69, 9.17) is 14.2 Å². The van der Waals surface area contributed by atoms with Crippen LogP contribution >= 0.6 is 0 Å². The van der Waals surface area contributed by atoms with Crippen LogP contribution in [0.4, 0.5) is 0 Å². The third-order valence-corrected chi connectivity index (χ3v) is 5.45. The molecule has 2 aromatic rings. The molecule has 0 radical (unpaired) electrons. The average Bonchev–Trinajstić information content (AvgIpc) is 2.67. The largest absolute Gasteiger partial charge is 0.496 e. The summed E-state index contributed by atoms with van der Waals surface area (Å²) in [5.41, 5.74) is 1.65. The molecule has 0 unspecified atom stereocenters. The number of carbonyl (C=O) groups excluding carboxylic acids is 1. The molecule has 2 aromatic carbocycles. The van der Waals surface area contributed by atoms with Crippen LogP contribution in [-0.4, -0.2) is 33.8 Å². The van der Waals surface area contributed by atoms with Crippen LogP contribution in [0.25, 0.3) is 0 Å². The summed E-state index contributed by atoms with van der Waals surface area (Å²) in [6, 6.07) is 13.7. The number of hydrogen-bond acceptors (Lipinski definition) is 4. The van der Waals surface area contributed by atoms with Crippen molar-refractivity contribution in [1.82, 2.24) is 5.32 Å². The molecule has 0 saturated heterocycles. The Kier molecular flexibility index (Phi) is 5.89. The Bertz CT molecular complexity index is 759. The third-order valence-electron chi connectivity index (χ3n) is 5.45. The van der Waals surface area contributed by atoms with Crippen LogP contribution in [-0.2, 0) is 16.6 Å². The van der Waals surface area contributed by atoms with Gasteiger partial charge >= 0.3 is 0 Å². The van der Waals surface area contributed by atoms with Crippen LogP contribution in [0.3, 0.4) is 0 Å². The van der Waals surface area contributed by atoms with Crippen LogP contribution in [0.15, 0.2) is 42.5 Å². The molecule has 1 aliphatic carbocycles. The van der Waals surface area contributed by atoms with E-state index >= 15 is 0 Å². The van der Waals surface area contributed by atoms with Gasteiger partial charge in [0.2, 0.25) is 5.91 Å². The second-order valence-corrected chi connectivity index (χ2v) is 6.82. The first-order chi connectivity index (χ1) is 13.1. The molecule has 0 atom stereocenters. The summed E-state index contributed by atoms with van der Waals surface area (Å²) in [4.78, 5) is 13.0. The highest BCUT2D eigenvalue weighted by molar-refractivity contribution is 5.89. The van der Waals surface area contributed by atoms with Crippen molar-refractivity contribution in [1.29, 1.82) is 0 Å². The van der Waals surface area contributed by atoms with E-state index in [1.165, 1.54) is 0 Å². The van der Waals surface area contributed by atoms with Crippen molar-refractivity contribution in [3.63, 3.8) is 0 Å². The number of rotatable bonds is 8. The van der Waals surface area contributed by atoms with Crippen LogP contribution < -0.4 is 19.5 Å². The normalized spacial score (nSPS) is 14.8. The van der Waals surface area contributed by atoms with Crippen molar-refractivity contribution in [2.45, 2.75) is 31.1 Å². The van der Waals surface area contributed by atoms with Crippen LogP contribution in [0.2, 0.25) is 0 Å². The Balaban J connectivity index is 1.70. The predicted molar refractivity (Wildman–Crippen MR) is 105 cm³/mol. The zero-order chi connectivity index (χ0) is 19.3. The minimum absolute atomic E-state index is 0.103. The second kappa shape index (κ2) is 8.33. The summed E-state index contributed by atoms with van der Waals surface area (Å²) in [6.45, 7) is 0.520. The predicted octanol–water partition coefficient (Wildman–Crippen LogP) is 3.49. The lowest BCUT2D eigenvalue weighted by molar-refractivity contribution is -0.129. The number of hydrogen-bond donors (Lipinski definition) is 1. The van der Waals surface area contributed by atoms with Gasteiger partial charge in [-0.05, 0) is 24.8 Å².